The first-order valence-corrected chi connectivity index (χ1v) is 9.73. The maximum atomic E-state index is 12.4. The van der Waals surface area contributed by atoms with Gasteiger partial charge < -0.3 is 20.5 Å². The van der Waals surface area contributed by atoms with Crippen LogP contribution in [0.4, 0.5) is 0 Å². The summed E-state index contributed by atoms with van der Waals surface area (Å²) >= 11 is 0. The highest BCUT2D eigenvalue weighted by atomic mass is 16.6. The van der Waals surface area contributed by atoms with Crippen molar-refractivity contribution in [3.63, 3.8) is 0 Å². The Balaban J connectivity index is 1.78. The molecule has 1 aliphatic carbocycles. The van der Waals surface area contributed by atoms with Crippen molar-refractivity contribution in [3.8, 4) is 5.75 Å². The number of nitrogens with one attached hydrogen (secondary N) is 2. The molecule has 154 valence electrons. The summed E-state index contributed by atoms with van der Waals surface area (Å²) < 4.78 is 10.8. The summed E-state index contributed by atoms with van der Waals surface area (Å²) in [6.45, 7) is 6.18. The number of nitrogens with two attached hydrogens (primary N) is 1. The number of esters is 2. The van der Waals surface area contributed by atoms with Crippen LogP contribution in [0.5, 0.6) is 5.75 Å². The molecule has 0 radical (unpaired) electrons. The first-order chi connectivity index (χ1) is 13.1. The smallest absolute Gasteiger partial charge is 0.314 e. The second-order valence-electron chi connectivity index (χ2n) is 8.34. The molecule has 0 atom stereocenters. The van der Waals surface area contributed by atoms with Crippen molar-refractivity contribution in [1.82, 2.24) is 5.32 Å². The van der Waals surface area contributed by atoms with Gasteiger partial charge in [-0.05, 0) is 70.1 Å². The molecule has 0 bridgehead atoms. The van der Waals surface area contributed by atoms with E-state index in [1.54, 1.807) is 24.3 Å². The number of benzene rings is 1. The lowest BCUT2D eigenvalue weighted by molar-refractivity contribution is -0.154. The van der Waals surface area contributed by atoms with Crippen molar-refractivity contribution in [1.29, 1.82) is 5.41 Å². The molecule has 7 nitrogen and oxygen atoms in total. The molecule has 1 saturated carbocycles. The minimum Gasteiger partial charge on any atom is -0.460 e. The largest absolute Gasteiger partial charge is 0.460 e. The van der Waals surface area contributed by atoms with E-state index in [0.29, 0.717) is 18.2 Å². The topological polar surface area (TPSA) is 114 Å². The van der Waals surface area contributed by atoms with Gasteiger partial charge in [-0.2, -0.15) is 0 Å². The molecule has 1 fully saturated rings. The summed E-state index contributed by atoms with van der Waals surface area (Å²) in [5.74, 6) is 0.302. The fraction of sp³-hybridized carbons (Fsp3) is 0.571. The number of hydrogen-bond acceptors (Lipinski definition) is 5. The number of rotatable bonds is 6. The van der Waals surface area contributed by atoms with E-state index in [2.05, 4.69) is 5.32 Å². The Morgan fingerprint density at radius 2 is 1.75 bits per heavy atom. The first kappa shape index (κ1) is 21.7. The molecule has 0 heterocycles. The Morgan fingerprint density at radius 1 is 1.14 bits per heavy atom. The Kier molecular flexibility index (Phi) is 7.43. The van der Waals surface area contributed by atoms with E-state index >= 15 is 0 Å². The molecular weight excluding hydrogens is 358 g/mol. The van der Waals surface area contributed by atoms with E-state index in [-0.39, 0.29) is 30.2 Å². The predicted molar refractivity (Wildman–Crippen MR) is 107 cm³/mol. The van der Waals surface area contributed by atoms with Gasteiger partial charge in [0, 0.05) is 6.54 Å². The summed E-state index contributed by atoms with van der Waals surface area (Å²) in [6.07, 6.45) is 3.56. The third-order valence-corrected chi connectivity index (χ3v) is 4.67. The highest BCUT2D eigenvalue weighted by Crippen LogP contribution is 2.29. The van der Waals surface area contributed by atoms with Crippen LogP contribution in [0.1, 0.15) is 52.0 Å². The lowest BCUT2D eigenvalue weighted by atomic mass is 9.82. The molecule has 1 aromatic carbocycles. The first-order valence-electron chi connectivity index (χ1n) is 9.73. The summed E-state index contributed by atoms with van der Waals surface area (Å²) in [6, 6.07) is 6.97. The Labute approximate surface area is 166 Å². The van der Waals surface area contributed by atoms with E-state index in [4.69, 9.17) is 20.6 Å². The van der Waals surface area contributed by atoms with Crippen LogP contribution in [0.15, 0.2) is 24.3 Å². The lowest BCUT2D eigenvalue weighted by Crippen LogP contribution is -2.36. The third-order valence-electron chi connectivity index (χ3n) is 4.67. The Hall–Kier alpha value is -2.57. The highest BCUT2D eigenvalue weighted by molar-refractivity contribution is 5.76. The zero-order chi connectivity index (χ0) is 20.7. The number of guanidine groups is 1. The molecule has 1 aromatic rings. The number of carbonyl (C=O) groups excluding carboxylic acids is 2. The van der Waals surface area contributed by atoms with Gasteiger partial charge in [0.05, 0.1) is 12.3 Å². The molecule has 1 aliphatic rings. The van der Waals surface area contributed by atoms with E-state index in [1.165, 1.54) is 0 Å². The SMILES string of the molecule is CC(C)(C)OC(=O)Cc1ccc(OC(=O)[C@H]2CC[C@H](CNC(=N)N)CC2)cc1. The lowest BCUT2D eigenvalue weighted by Gasteiger charge is -2.27. The van der Waals surface area contributed by atoms with Crippen molar-refractivity contribution in [2.75, 3.05) is 6.54 Å². The fourth-order valence-electron chi connectivity index (χ4n) is 3.28. The van der Waals surface area contributed by atoms with Gasteiger partial charge in [0.15, 0.2) is 5.96 Å². The molecule has 0 unspecified atom stereocenters. The van der Waals surface area contributed by atoms with Crippen LogP contribution in [-0.4, -0.2) is 30.0 Å². The number of hydrogen-bond donors (Lipinski definition) is 3. The third kappa shape index (κ3) is 7.58. The fourth-order valence-corrected chi connectivity index (χ4v) is 3.28. The summed E-state index contributed by atoms with van der Waals surface area (Å²) in [5.41, 5.74) is 5.61. The van der Waals surface area contributed by atoms with Crippen LogP contribution < -0.4 is 15.8 Å². The molecule has 0 aromatic heterocycles. The normalized spacial score (nSPS) is 19.5. The van der Waals surface area contributed by atoms with Crippen molar-refractivity contribution in [2.45, 2.75) is 58.5 Å². The van der Waals surface area contributed by atoms with Gasteiger partial charge in [-0.3, -0.25) is 15.0 Å². The van der Waals surface area contributed by atoms with Crippen LogP contribution >= 0.6 is 0 Å². The molecule has 7 heteroatoms. The van der Waals surface area contributed by atoms with Gasteiger partial charge in [0.1, 0.15) is 11.4 Å². The van der Waals surface area contributed by atoms with Crippen LogP contribution in [0.2, 0.25) is 0 Å². The molecule has 4 N–H and O–H groups in total. The summed E-state index contributed by atoms with van der Waals surface area (Å²) in [7, 11) is 0. The molecule has 0 saturated heterocycles. The minimum atomic E-state index is -0.506. The van der Waals surface area contributed by atoms with Crippen molar-refractivity contribution >= 4 is 17.9 Å². The van der Waals surface area contributed by atoms with Crippen molar-refractivity contribution < 1.29 is 19.1 Å². The summed E-state index contributed by atoms with van der Waals surface area (Å²) in [4.78, 5) is 24.3. The number of carbonyl (C=O) groups is 2. The quantitative estimate of drug-likeness (QED) is 0.298. The Morgan fingerprint density at radius 3 is 2.29 bits per heavy atom. The average Bonchev–Trinajstić information content (AvgIpc) is 2.60. The number of ether oxygens (including phenoxy) is 2. The van der Waals surface area contributed by atoms with Crippen LogP contribution in [-0.2, 0) is 20.7 Å². The zero-order valence-electron chi connectivity index (χ0n) is 16.9. The van der Waals surface area contributed by atoms with E-state index in [0.717, 1.165) is 31.2 Å². The minimum absolute atomic E-state index is 0.0170. The molecule has 28 heavy (non-hydrogen) atoms. The maximum absolute atomic E-state index is 12.4. The highest BCUT2D eigenvalue weighted by Gasteiger charge is 2.27. The molecule has 0 amide bonds. The molecule has 0 aliphatic heterocycles. The maximum Gasteiger partial charge on any atom is 0.314 e. The summed E-state index contributed by atoms with van der Waals surface area (Å²) in [5, 5.41) is 10.0. The van der Waals surface area contributed by atoms with Crippen LogP contribution in [0, 0.1) is 17.2 Å². The van der Waals surface area contributed by atoms with Crippen LogP contribution in [0.3, 0.4) is 0 Å². The van der Waals surface area contributed by atoms with E-state index < -0.39 is 5.60 Å². The van der Waals surface area contributed by atoms with Gasteiger partial charge >= 0.3 is 11.9 Å². The predicted octanol–water partition coefficient (Wildman–Crippen LogP) is 2.77. The standard InChI is InChI=1S/C21H31N3O4/c1-21(2,3)28-18(25)12-14-6-10-17(11-7-14)27-19(26)16-8-4-15(5-9-16)13-24-20(22)23/h6-7,10-11,15-16H,4-5,8-9,12-13H2,1-3H3,(H4,22,23,24)/t15-,16-. The van der Waals surface area contributed by atoms with Gasteiger partial charge in [-0.25, -0.2) is 0 Å². The molecule has 0 spiro atoms. The molecule has 2 rings (SSSR count). The van der Waals surface area contributed by atoms with E-state index in [9.17, 15) is 9.59 Å². The average molecular weight is 389 g/mol. The zero-order valence-corrected chi connectivity index (χ0v) is 16.9. The van der Waals surface area contributed by atoms with Gasteiger partial charge in [-0.1, -0.05) is 12.1 Å². The van der Waals surface area contributed by atoms with Gasteiger partial charge in [-0.15, -0.1) is 0 Å². The van der Waals surface area contributed by atoms with Crippen molar-refractivity contribution in [2.24, 2.45) is 17.6 Å². The second kappa shape index (κ2) is 9.57. The van der Waals surface area contributed by atoms with E-state index in [1.807, 2.05) is 20.8 Å². The van der Waals surface area contributed by atoms with Gasteiger partial charge in [0.25, 0.3) is 0 Å². The molecular formula is C21H31N3O4. The van der Waals surface area contributed by atoms with Gasteiger partial charge in [0.2, 0.25) is 0 Å². The monoisotopic (exact) mass is 389 g/mol. The van der Waals surface area contributed by atoms with Crippen molar-refractivity contribution in [3.05, 3.63) is 29.8 Å². The van der Waals surface area contributed by atoms with Crippen LogP contribution in [0.25, 0.3) is 0 Å². The second-order valence-corrected chi connectivity index (χ2v) is 8.34. The Bertz CT molecular complexity index is 687.